The van der Waals surface area contributed by atoms with Crippen LogP contribution in [-0.2, 0) is 12.7 Å². The molecule has 2 heterocycles. The summed E-state index contributed by atoms with van der Waals surface area (Å²) in [4.78, 5) is 25.4. The van der Waals surface area contributed by atoms with Crippen LogP contribution in [0, 0.1) is 13.8 Å². The Hall–Kier alpha value is -4.21. The molecule has 10 heteroatoms. The zero-order chi connectivity index (χ0) is 24.5. The Morgan fingerprint density at radius 1 is 1.03 bits per heavy atom. The molecule has 0 fully saturated rings. The fourth-order valence-electron chi connectivity index (χ4n) is 3.45. The molecule has 0 spiro atoms. The molecule has 174 valence electrons. The Labute approximate surface area is 192 Å². The summed E-state index contributed by atoms with van der Waals surface area (Å²) in [5.41, 5.74) is -0.257. The van der Waals surface area contributed by atoms with Crippen molar-refractivity contribution in [2.75, 3.05) is 5.32 Å². The van der Waals surface area contributed by atoms with Gasteiger partial charge in [0.15, 0.2) is 5.69 Å². The van der Waals surface area contributed by atoms with E-state index in [1.165, 1.54) is 36.0 Å². The number of halogens is 3. The number of amides is 1. The van der Waals surface area contributed by atoms with Gasteiger partial charge in [-0.25, -0.2) is 9.36 Å². The first kappa shape index (κ1) is 23.0. The number of aryl methyl sites for hydroxylation is 2. The molecule has 0 aliphatic rings. The summed E-state index contributed by atoms with van der Waals surface area (Å²) in [5, 5.41) is 10.8. The third-order valence-corrected chi connectivity index (χ3v) is 5.17. The highest BCUT2D eigenvalue weighted by Crippen LogP contribution is 2.33. The van der Waals surface area contributed by atoms with Crippen LogP contribution < -0.4 is 10.7 Å². The first-order valence-electron chi connectivity index (χ1n) is 10.3. The van der Waals surface area contributed by atoms with Crippen LogP contribution in [0.2, 0.25) is 0 Å². The Morgan fingerprint density at radius 3 is 2.44 bits per heavy atom. The Balaban J connectivity index is 1.66. The highest BCUT2D eigenvalue weighted by atomic mass is 19.4. The van der Waals surface area contributed by atoms with Crippen molar-refractivity contribution in [3.05, 3.63) is 105 Å². The number of carbonyl (C=O) groups is 1. The van der Waals surface area contributed by atoms with Gasteiger partial charge in [0.2, 0.25) is 5.43 Å². The van der Waals surface area contributed by atoms with Gasteiger partial charge in [-0.15, -0.1) is 0 Å². The van der Waals surface area contributed by atoms with Crippen LogP contribution in [0.4, 0.5) is 19.0 Å². The van der Waals surface area contributed by atoms with Gasteiger partial charge in [-0.2, -0.15) is 23.4 Å². The standard InChI is InChI=1S/C24H20F3N5O2/c1-15-7-9-17(10-8-15)14-31-21(11-12-28-31)29-23(34)22-20(33)13-16(2)32(30-22)19-6-4-3-5-18(19)24(25,26)27/h3-13H,14H2,1-2H3,(H,29,34). The van der Waals surface area contributed by atoms with Gasteiger partial charge in [-0.1, -0.05) is 42.0 Å². The fraction of sp³-hybridized carbons (Fsp3) is 0.167. The van der Waals surface area contributed by atoms with E-state index in [0.717, 1.165) is 27.9 Å². The number of aromatic nitrogens is 4. The summed E-state index contributed by atoms with van der Waals surface area (Å²) in [6.07, 6.45) is -3.15. The van der Waals surface area contributed by atoms with Gasteiger partial charge in [0.25, 0.3) is 5.91 Å². The Morgan fingerprint density at radius 2 is 1.74 bits per heavy atom. The molecular weight excluding hydrogens is 447 g/mol. The molecule has 7 nitrogen and oxygen atoms in total. The monoisotopic (exact) mass is 467 g/mol. The molecule has 0 aliphatic carbocycles. The molecule has 4 aromatic rings. The molecule has 1 amide bonds. The van der Waals surface area contributed by atoms with E-state index < -0.39 is 28.8 Å². The minimum absolute atomic E-state index is 0.155. The van der Waals surface area contributed by atoms with Crippen LogP contribution >= 0.6 is 0 Å². The maximum atomic E-state index is 13.5. The van der Waals surface area contributed by atoms with Gasteiger partial charge in [-0.05, 0) is 31.5 Å². The molecule has 0 aliphatic heterocycles. The van der Waals surface area contributed by atoms with Crippen molar-refractivity contribution < 1.29 is 18.0 Å². The zero-order valence-electron chi connectivity index (χ0n) is 18.3. The molecule has 0 saturated heterocycles. The summed E-state index contributed by atoms with van der Waals surface area (Å²) in [7, 11) is 0. The number of alkyl halides is 3. The highest BCUT2D eigenvalue weighted by Gasteiger charge is 2.34. The average Bonchev–Trinajstić information content (AvgIpc) is 3.21. The molecule has 0 radical (unpaired) electrons. The van der Waals surface area contributed by atoms with Crippen LogP contribution in [0.15, 0.2) is 71.7 Å². The minimum Gasteiger partial charge on any atom is -0.305 e. The van der Waals surface area contributed by atoms with Gasteiger partial charge in [0.1, 0.15) is 5.82 Å². The van der Waals surface area contributed by atoms with Gasteiger partial charge < -0.3 is 5.32 Å². The second kappa shape index (κ2) is 8.97. The summed E-state index contributed by atoms with van der Waals surface area (Å²) >= 11 is 0. The smallest absolute Gasteiger partial charge is 0.305 e. The molecule has 2 aromatic carbocycles. The lowest BCUT2D eigenvalue weighted by Gasteiger charge is -2.16. The molecule has 0 bridgehead atoms. The average molecular weight is 467 g/mol. The van der Waals surface area contributed by atoms with Gasteiger partial charge in [-0.3, -0.25) is 9.59 Å². The van der Waals surface area contributed by atoms with E-state index in [4.69, 9.17) is 0 Å². The number of anilines is 1. The summed E-state index contributed by atoms with van der Waals surface area (Å²) in [6.45, 7) is 3.78. The van der Waals surface area contributed by atoms with Crippen LogP contribution in [0.5, 0.6) is 0 Å². The normalized spacial score (nSPS) is 11.4. The Kier molecular flexibility index (Phi) is 6.06. The number of hydrogen-bond acceptors (Lipinski definition) is 4. The highest BCUT2D eigenvalue weighted by molar-refractivity contribution is 6.02. The van der Waals surface area contributed by atoms with Crippen LogP contribution in [0.1, 0.15) is 32.9 Å². The topological polar surface area (TPSA) is 81.8 Å². The zero-order valence-corrected chi connectivity index (χ0v) is 18.3. The van der Waals surface area contributed by atoms with E-state index in [-0.39, 0.29) is 11.4 Å². The van der Waals surface area contributed by atoms with Crippen molar-refractivity contribution in [1.82, 2.24) is 19.6 Å². The maximum absolute atomic E-state index is 13.5. The van der Waals surface area contributed by atoms with E-state index in [1.54, 1.807) is 6.07 Å². The van der Waals surface area contributed by atoms with E-state index in [9.17, 15) is 22.8 Å². The third kappa shape index (κ3) is 4.75. The SMILES string of the molecule is Cc1ccc(Cn2nccc2NC(=O)c2nn(-c3ccccc3C(F)(F)F)c(C)cc2=O)cc1. The number of carbonyl (C=O) groups excluding carboxylic acids is 1. The number of para-hydroxylation sites is 1. The summed E-state index contributed by atoms with van der Waals surface area (Å²) < 4.78 is 43.0. The number of rotatable bonds is 5. The number of nitrogens with zero attached hydrogens (tertiary/aromatic N) is 4. The number of nitrogens with one attached hydrogen (secondary N) is 1. The van der Waals surface area contributed by atoms with Crippen LogP contribution in [0.3, 0.4) is 0 Å². The lowest BCUT2D eigenvalue weighted by Crippen LogP contribution is -2.28. The quantitative estimate of drug-likeness (QED) is 0.473. The van der Waals surface area contributed by atoms with E-state index in [0.29, 0.717) is 12.4 Å². The van der Waals surface area contributed by atoms with Crippen molar-refractivity contribution >= 4 is 11.7 Å². The lowest BCUT2D eigenvalue weighted by molar-refractivity contribution is -0.137. The van der Waals surface area contributed by atoms with Crippen molar-refractivity contribution in [3.63, 3.8) is 0 Å². The van der Waals surface area contributed by atoms with Crippen molar-refractivity contribution in [1.29, 1.82) is 0 Å². The molecule has 0 saturated carbocycles. The predicted molar refractivity (Wildman–Crippen MR) is 120 cm³/mol. The summed E-state index contributed by atoms with van der Waals surface area (Å²) in [6, 6.07) is 15.2. The fourth-order valence-corrected chi connectivity index (χ4v) is 3.45. The van der Waals surface area contributed by atoms with E-state index in [2.05, 4.69) is 15.5 Å². The lowest BCUT2D eigenvalue weighted by atomic mass is 10.1. The van der Waals surface area contributed by atoms with Gasteiger partial charge >= 0.3 is 6.18 Å². The minimum atomic E-state index is -4.64. The van der Waals surface area contributed by atoms with Crippen molar-refractivity contribution in [2.24, 2.45) is 0 Å². The van der Waals surface area contributed by atoms with Crippen LogP contribution in [-0.4, -0.2) is 25.5 Å². The van der Waals surface area contributed by atoms with E-state index >= 15 is 0 Å². The van der Waals surface area contributed by atoms with Gasteiger partial charge in [0.05, 0.1) is 24.0 Å². The molecular formula is C24H20F3N5O2. The second-order valence-corrected chi connectivity index (χ2v) is 7.74. The molecule has 0 atom stereocenters. The first-order valence-corrected chi connectivity index (χ1v) is 10.3. The maximum Gasteiger partial charge on any atom is 0.418 e. The predicted octanol–water partition coefficient (Wildman–Crippen LogP) is 4.37. The first-order chi connectivity index (χ1) is 16.1. The molecule has 1 N–H and O–H groups in total. The molecule has 34 heavy (non-hydrogen) atoms. The molecule has 2 aromatic heterocycles. The second-order valence-electron chi connectivity index (χ2n) is 7.74. The molecule has 4 rings (SSSR count). The van der Waals surface area contributed by atoms with Crippen molar-refractivity contribution in [2.45, 2.75) is 26.6 Å². The summed E-state index contributed by atoms with van der Waals surface area (Å²) in [5.74, 6) is -0.538. The molecule has 0 unspecified atom stereocenters. The largest absolute Gasteiger partial charge is 0.418 e. The van der Waals surface area contributed by atoms with Crippen LogP contribution in [0.25, 0.3) is 5.69 Å². The third-order valence-electron chi connectivity index (χ3n) is 5.17. The van der Waals surface area contributed by atoms with Gasteiger partial charge in [0, 0.05) is 17.8 Å². The van der Waals surface area contributed by atoms with E-state index in [1.807, 2.05) is 31.2 Å². The number of hydrogen-bond donors (Lipinski definition) is 1. The number of benzene rings is 2. The van der Waals surface area contributed by atoms with Crippen molar-refractivity contribution in [3.8, 4) is 5.69 Å². The Bertz CT molecular complexity index is 1410.